The highest BCUT2D eigenvalue weighted by Crippen LogP contribution is 2.22. The fraction of sp³-hybridized carbons (Fsp3) is 0.562. The first-order chi connectivity index (χ1) is 10.6. The lowest BCUT2D eigenvalue weighted by atomic mass is 9.92. The first kappa shape index (κ1) is 15.2. The molecular weight excluding hydrogens is 296 g/mol. The summed E-state index contributed by atoms with van der Waals surface area (Å²) in [7, 11) is 0. The average Bonchev–Trinajstić information content (AvgIpc) is 3.08. The van der Waals surface area contributed by atoms with Crippen LogP contribution in [0.4, 0.5) is 0 Å². The summed E-state index contributed by atoms with van der Waals surface area (Å²) in [5, 5.41) is 10.2. The van der Waals surface area contributed by atoms with Gasteiger partial charge in [-0.1, -0.05) is 0 Å². The van der Waals surface area contributed by atoms with Crippen LogP contribution in [0.25, 0.3) is 0 Å². The van der Waals surface area contributed by atoms with Gasteiger partial charge in [0.25, 0.3) is 0 Å². The molecule has 1 fully saturated rings. The van der Waals surface area contributed by atoms with Crippen molar-refractivity contribution in [1.82, 2.24) is 20.1 Å². The fourth-order valence-electron chi connectivity index (χ4n) is 3.08. The highest BCUT2D eigenvalue weighted by molar-refractivity contribution is 7.09. The van der Waals surface area contributed by atoms with Crippen LogP contribution in [0.15, 0.2) is 11.6 Å². The number of amides is 1. The number of likely N-dealkylation sites (tertiary alicyclic amines) is 1. The number of carbonyl (C=O) groups is 1. The van der Waals surface area contributed by atoms with Crippen LogP contribution in [-0.2, 0) is 17.6 Å². The van der Waals surface area contributed by atoms with Gasteiger partial charge in [0.15, 0.2) is 0 Å². The Labute approximate surface area is 134 Å². The Morgan fingerprint density at radius 2 is 2.36 bits per heavy atom. The molecule has 1 aliphatic rings. The predicted octanol–water partition coefficient (Wildman–Crippen LogP) is 2.51. The zero-order valence-corrected chi connectivity index (χ0v) is 13.9. The maximum Gasteiger partial charge on any atom is 0.228 e. The van der Waals surface area contributed by atoms with Crippen LogP contribution in [0.2, 0.25) is 0 Å². The third kappa shape index (κ3) is 3.55. The molecular formula is C16H22N4OS. The molecule has 1 aliphatic heterocycles. The molecule has 6 heteroatoms. The number of piperidine rings is 1. The van der Waals surface area contributed by atoms with Crippen LogP contribution in [0, 0.1) is 19.8 Å². The van der Waals surface area contributed by atoms with Crippen molar-refractivity contribution in [1.29, 1.82) is 0 Å². The monoisotopic (exact) mass is 318 g/mol. The summed E-state index contributed by atoms with van der Waals surface area (Å²) >= 11 is 1.61. The summed E-state index contributed by atoms with van der Waals surface area (Å²) in [4.78, 5) is 18.9. The van der Waals surface area contributed by atoms with Gasteiger partial charge in [0.05, 0.1) is 23.3 Å². The van der Waals surface area contributed by atoms with Crippen molar-refractivity contribution in [3.05, 3.63) is 33.5 Å². The highest BCUT2D eigenvalue weighted by Gasteiger charge is 2.25. The lowest BCUT2D eigenvalue weighted by Crippen LogP contribution is -2.41. The van der Waals surface area contributed by atoms with Crippen LogP contribution in [0.3, 0.4) is 0 Å². The Morgan fingerprint density at radius 1 is 1.50 bits per heavy atom. The largest absolute Gasteiger partial charge is 0.342 e. The van der Waals surface area contributed by atoms with Gasteiger partial charge >= 0.3 is 0 Å². The summed E-state index contributed by atoms with van der Waals surface area (Å²) in [6.07, 6.45) is 5.54. The van der Waals surface area contributed by atoms with E-state index in [9.17, 15) is 4.79 Å². The van der Waals surface area contributed by atoms with Crippen molar-refractivity contribution < 1.29 is 4.79 Å². The molecule has 0 radical (unpaired) electrons. The summed E-state index contributed by atoms with van der Waals surface area (Å²) < 4.78 is 0. The zero-order valence-electron chi connectivity index (χ0n) is 13.1. The van der Waals surface area contributed by atoms with E-state index in [-0.39, 0.29) is 5.91 Å². The van der Waals surface area contributed by atoms with E-state index in [0.29, 0.717) is 12.3 Å². The maximum atomic E-state index is 12.5. The van der Waals surface area contributed by atoms with Crippen LogP contribution < -0.4 is 0 Å². The quantitative estimate of drug-likeness (QED) is 0.942. The molecule has 3 rings (SSSR count). The standard InChI is InChI=1S/C16H22N4OS/c1-11-8-17-19-15(11)6-13-4-3-5-20(9-13)16(21)7-14-10-22-12(2)18-14/h8,10,13H,3-7,9H2,1-2H3,(H,17,19)/t13-/m1/s1. The number of rotatable bonds is 4. The van der Waals surface area contributed by atoms with Crippen molar-refractivity contribution in [2.24, 2.45) is 5.92 Å². The van der Waals surface area contributed by atoms with E-state index in [1.54, 1.807) is 11.3 Å². The number of carbonyl (C=O) groups excluding carboxylic acids is 1. The Bertz CT molecular complexity index is 648. The maximum absolute atomic E-state index is 12.5. The summed E-state index contributed by atoms with van der Waals surface area (Å²) in [5.41, 5.74) is 3.31. The van der Waals surface area contributed by atoms with E-state index < -0.39 is 0 Å². The Balaban J connectivity index is 1.58. The zero-order chi connectivity index (χ0) is 15.5. The third-order valence-corrected chi connectivity index (χ3v) is 5.12. The van der Waals surface area contributed by atoms with Gasteiger partial charge in [-0.05, 0) is 44.6 Å². The second kappa shape index (κ2) is 6.60. The van der Waals surface area contributed by atoms with Gasteiger partial charge in [-0.3, -0.25) is 9.89 Å². The van der Waals surface area contributed by atoms with Crippen molar-refractivity contribution in [3.8, 4) is 0 Å². The molecule has 1 atom stereocenters. The highest BCUT2D eigenvalue weighted by atomic mass is 32.1. The van der Waals surface area contributed by atoms with E-state index in [2.05, 4.69) is 22.1 Å². The molecule has 0 unspecified atom stereocenters. The number of thiazole rings is 1. The van der Waals surface area contributed by atoms with Crippen molar-refractivity contribution in [2.75, 3.05) is 13.1 Å². The van der Waals surface area contributed by atoms with Crippen LogP contribution in [0.5, 0.6) is 0 Å². The van der Waals surface area contributed by atoms with Crippen molar-refractivity contribution in [2.45, 2.75) is 39.5 Å². The van der Waals surface area contributed by atoms with E-state index in [1.165, 1.54) is 17.7 Å². The normalized spacial score (nSPS) is 18.6. The number of hydrogen-bond acceptors (Lipinski definition) is 4. The Kier molecular flexibility index (Phi) is 4.57. The van der Waals surface area contributed by atoms with Crippen LogP contribution in [0.1, 0.15) is 34.8 Å². The number of nitrogens with zero attached hydrogens (tertiary/aromatic N) is 3. The Morgan fingerprint density at radius 3 is 3.05 bits per heavy atom. The van der Waals surface area contributed by atoms with Gasteiger partial charge in [-0.15, -0.1) is 11.3 Å². The van der Waals surface area contributed by atoms with E-state index in [4.69, 9.17) is 0 Å². The first-order valence-electron chi connectivity index (χ1n) is 7.79. The SMILES string of the molecule is Cc1nc(CC(=O)N2CCC[C@H](Cc3[nH]ncc3C)C2)cs1. The fourth-order valence-corrected chi connectivity index (χ4v) is 3.70. The van der Waals surface area contributed by atoms with Crippen molar-refractivity contribution >= 4 is 17.2 Å². The number of H-pyrrole nitrogens is 1. The van der Waals surface area contributed by atoms with E-state index in [0.717, 1.165) is 36.6 Å². The minimum Gasteiger partial charge on any atom is -0.342 e. The molecule has 5 nitrogen and oxygen atoms in total. The van der Waals surface area contributed by atoms with Gasteiger partial charge in [0.2, 0.25) is 5.91 Å². The van der Waals surface area contributed by atoms with Crippen LogP contribution in [-0.4, -0.2) is 39.1 Å². The predicted molar refractivity (Wildman–Crippen MR) is 86.9 cm³/mol. The molecule has 2 aromatic rings. The number of nitrogens with one attached hydrogen (secondary N) is 1. The molecule has 118 valence electrons. The van der Waals surface area contributed by atoms with Gasteiger partial charge in [-0.25, -0.2) is 4.98 Å². The van der Waals surface area contributed by atoms with Gasteiger partial charge in [0, 0.05) is 24.2 Å². The second-order valence-electron chi connectivity index (χ2n) is 6.12. The molecule has 0 aliphatic carbocycles. The molecule has 3 heterocycles. The van der Waals surface area contributed by atoms with Crippen LogP contribution >= 0.6 is 11.3 Å². The summed E-state index contributed by atoms with van der Waals surface area (Å²) in [5.74, 6) is 0.727. The molecule has 2 aromatic heterocycles. The molecule has 1 amide bonds. The minimum absolute atomic E-state index is 0.205. The summed E-state index contributed by atoms with van der Waals surface area (Å²) in [6, 6.07) is 0. The summed E-state index contributed by atoms with van der Waals surface area (Å²) in [6.45, 7) is 5.78. The first-order valence-corrected chi connectivity index (χ1v) is 8.67. The Hall–Kier alpha value is -1.69. The third-order valence-electron chi connectivity index (χ3n) is 4.30. The molecule has 0 saturated carbocycles. The molecule has 0 bridgehead atoms. The van der Waals surface area contributed by atoms with E-state index in [1.807, 2.05) is 23.4 Å². The lowest BCUT2D eigenvalue weighted by molar-refractivity contribution is -0.132. The molecule has 22 heavy (non-hydrogen) atoms. The topological polar surface area (TPSA) is 61.9 Å². The van der Waals surface area contributed by atoms with Gasteiger partial charge in [-0.2, -0.15) is 5.10 Å². The number of aromatic nitrogens is 3. The lowest BCUT2D eigenvalue weighted by Gasteiger charge is -2.32. The van der Waals surface area contributed by atoms with E-state index >= 15 is 0 Å². The molecule has 0 aromatic carbocycles. The molecule has 1 saturated heterocycles. The minimum atomic E-state index is 0.205. The smallest absolute Gasteiger partial charge is 0.228 e. The average molecular weight is 318 g/mol. The van der Waals surface area contributed by atoms with Crippen molar-refractivity contribution in [3.63, 3.8) is 0 Å². The second-order valence-corrected chi connectivity index (χ2v) is 7.18. The molecule has 1 N–H and O–H groups in total. The molecule has 0 spiro atoms. The van der Waals surface area contributed by atoms with Gasteiger partial charge in [0.1, 0.15) is 0 Å². The number of hydrogen-bond donors (Lipinski definition) is 1. The van der Waals surface area contributed by atoms with Gasteiger partial charge < -0.3 is 4.90 Å². The number of aromatic amines is 1. The number of aryl methyl sites for hydroxylation is 2.